The Morgan fingerprint density at radius 1 is 1.09 bits per heavy atom. The van der Waals surface area contributed by atoms with Gasteiger partial charge in [-0.2, -0.15) is 4.98 Å². The lowest BCUT2D eigenvalue weighted by Gasteiger charge is -2.40. The van der Waals surface area contributed by atoms with Gasteiger partial charge in [0.05, 0.1) is 13.2 Å². The predicted molar refractivity (Wildman–Crippen MR) is 134 cm³/mol. The number of urea groups is 1. The lowest BCUT2D eigenvalue weighted by molar-refractivity contribution is 0.0624. The Bertz CT molecular complexity index is 1290. The van der Waals surface area contributed by atoms with Crippen molar-refractivity contribution in [2.45, 2.75) is 4.90 Å². The van der Waals surface area contributed by atoms with E-state index < -0.39 is 11.9 Å². The molecule has 34 heavy (non-hydrogen) atoms. The first-order valence-electron chi connectivity index (χ1n) is 10.6. The van der Waals surface area contributed by atoms with Gasteiger partial charge in [0.1, 0.15) is 23.7 Å². The number of nitrogens with two attached hydrogens (primary N) is 1. The second-order valence-electron chi connectivity index (χ2n) is 7.97. The first kappa shape index (κ1) is 22.6. The number of halogens is 1. The third-order valence-electron chi connectivity index (χ3n) is 6.04. The van der Waals surface area contributed by atoms with Crippen LogP contribution in [-0.4, -0.2) is 54.5 Å². The monoisotopic (exact) mass is 497 g/mol. The summed E-state index contributed by atoms with van der Waals surface area (Å²) in [6.45, 7) is 2.39. The second-order valence-corrected chi connectivity index (χ2v) is 9.15. The summed E-state index contributed by atoms with van der Waals surface area (Å²) in [6.07, 6.45) is 1.95. The molecule has 3 heterocycles. The van der Waals surface area contributed by atoms with Crippen molar-refractivity contribution in [3.63, 3.8) is 0 Å². The molecule has 5 rings (SSSR count). The number of morpholine rings is 1. The van der Waals surface area contributed by atoms with E-state index in [4.69, 9.17) is 27.1 Å². The van der Waals surface area contributed by atoms with Crippen LogP contribution in [0.2, 0.25) is 5.15 Å². The van der Waals surface area contributed by atoms with Crippen LogP contribution in [0.3, 0.4) is 0 Å². The Balaban J connectivity index is 1.52. The molecule has 3 aromatic rings. The summed E-state index contributed by atoms with van der Waals surface area (Å²) in [6, 6.07) is 11.7. The van der Waals surface area contributed by atoms with Crippen molar-refractivity contribution < 1.29 is 14.3 Å². The van der Waals surface area contributed by atoms with E-state index in [2.05, 4.69) is 15.6 Å². The molecule has 0 unspecified atom stereocenters. The number of carbonyl (C=O) groups is 2. The molecule has 1 saturated heterocycles. The van der Waals surface area contributed by atoms with E-state index in [1.165, 1.54) is 11.8 Å². The van der Waals surface area contributed by atoms with Gasteiger partial charge >= 0.3 is 6.03 Å². The van der Waals surface area contributed by atoms with Crippen molar-refractivity contribution in [3.8, 4) is 11.4 Å². The van der Waals surface area contributed by atoms with Crippen molar-refractivity contribution in [1.82, 2.24) is 14.5 Å². The predicted octanol–water partition coefficient (Wildman–Crippen LogP) is 4.24. The van der Waals surface area contributed by atoms with E-state index in [9.17, 15) is 9.59 Å². The van der Waals surface area contributed by atoms with Crippen LogP contribution in [0.4, 0.5) is 27.7 Å². The number of hydrogen-bond donors (Lipinski definition) is 3. The molecule has 1 fully saturated rings. The molecule has 1 aromatic heterocycles. The highest BCUT2D eigenvalue weighted by Crippen LogP contribution is 2.49. The van der Waals surface area contributed by atoms with Gasteiger partial charge in [-0.1, -0.05) is 11.6 Å². The van der Waals surface area contributed by atoms with Crippen LogP contribution < -0.4 is 20.9 Å². The van der Waals surface area contributed by atoms with Crippen molar-refractivity contribution in [2.24, 2.45) is 5.73 Å². The summed E-state index contributed by atoms with van der Waals surface area (Å²) in [5.41, 5.74) is 8.58. The van der Waals surface area contributed by atoms with E-state index in [1.807, 2.05) is 24.5 Å². The lowest BCUT2D eigenvalue weighted by atomic mass is 10.1. The molecule has 11 heteroatoms. The molecule has 1 spiro atoms. The summed E-state index contributed by atoms with van der Waals surface area (Å²) in [4.78, 5) is 34.4. The Labute approximate surface area is 205 Å². The average molecular weight is 498 g/mol. The van der Waals surface area contributed by atoms with Crippen LogP contribution in [0.25, 0.3) is 11.4 Å². The molecule has 4 bridgehead atoms. The van der Waals surface area contributed by atoms with E-state index in [1.54, 1.807) is 24.3 Å². The van der Waals surface area contributed by atoms with E-state index in [-0.39, 0.29) is 0 Å². The number of benzene rings is 2. The number of aromatic nitrogens is 2. The largest absolute Gasteiger partial charge is 0.370 e. The molecule has 2 aromatic carbocycles. The molecule has 9 nitrogen and oxygen atoms in total. The van der Waals surface area contributed by atoms with E-state index >= 15 is 0 Å². The van der Waals surface area contributed by atoms with Crippen LogP contribution in [0, 0.1) is 0 Å². The Kier molecular flexibility index (Phi) is 5.90. The van der Waals surface area contributed by atoms with Gasteiger partial charge in [0.15, 0.2) is 16.7 Å². The quantitative estimate of drug-likeness (QED) is 0.282. The molecule has 2 aliphatic rings. The highest BCUT2D eigenvalue weighted by molar-refractivity contribution is 7.98. The molecule has 3 amide bonds. The number of hydrogen-bond acceptors (Lipinski definition) is 6. The number of rotatable bonds is 4. The van der Waals surface area contributed by atoms with Crippen LogP contribution >= 0.6 is 23.4 Å². The number of ether oxygens (including phenoxy) is 1. The summed E-state index contributed by atoms with van der Waals surface area (Å²) in [7, 11) is 0. The number of carbonyl (C=O) groups excluding carboxylic acids is 2. The normalized spacial score (nSPS) is 15.5. The number of nitrogens with one attached hydrogen (secondary N) is 2. The van der Waals surface area contributed by atoms with Gasteiger partial charge in [0.2, 0.25) is 5.91 Å². The Hall–Kier alpha value is -3.18. The minimum atomic E-state index is -0.526. The Morgan fingerprint density at radius 2 is 1.82 bits per heavy atom. The fraction of sp³-hybridized carbons (Fsp3) is 0.217. The minimum absolute atomic E-state index is 0.368. The van der Waals surface area contributed by atoms with E-state index in [0.29, 0.717) is 58.7 Å². The standard InChI is InChI=1S/C23H21ClN6O3S/c1-34-18-19(24)28-21-14-4-7-16(17(12-14)30(22(18)29-21)8-10-33-11-9-30)27-23(32)26-15-5-2-13(3-6-15)20(25)31/h2-7,12H,8-11H2,1H3,(H3-,25,26,27,28,29,31,32)/p+1. The molecule has 2 aliphatic heterocycles. The van der Waals surface area contributed by atoms with Crippen LogP contribution in [0.5, 0.6) is 0 Å². The Morgan fingerprint density at radius 3 is 2.50 bits per heavy atom. The molecule has 0 atom stereocenters. The van der Waals surface area contributed by atoms with Gasteiger partial charge in [0, 0.05) is 22.9 Å². The molecule has 0 saturated carbocycles. The molecule has 0 aliphatic carbocycles. The maximum atomic E-state index is 12.9. The zero-order valence-corrected chi connectivity index (χ0v) is 19.9. The zero-order valence-electron chi connectivity index (χ0n) is 18.3. The maximum absolute atomic E-state index is 12.9. The molecular formula is C23H22ClN6O3S+. The summed E-state index contributed by atoms with van der Waals surface area (Å²) in [5, 5.41) is 6.20. The van der Waals surface area contributed by atoms with Crippen LogP contribution in [0.15, 0.2) is 47.4 Å². The fourth-order valence-electron chi connectivity index (χ4n) is 4.36. The number of primary amides is 1. The molecule has 0 radical (unpaired) electrons. The fourth-order valence-corrected chi connectivity index (χ4v) is 5.37. The van der Waals surface area contributed by atoms with Crippen LogP contribution in [0.1, 0.15) is 10.4 Å². The smallest absolute Gasteiger partial charge is 0.323 e. The van der Waals surface area contributed by atoms with Crippen LogP contribution in [-0.2, 0) is 4.74 Å². The number of anilines is 2. The first-order chi connectivity index (χ1) is 16.4. The van der Waals surface area contributed by atoms with Gasteiger partial charge in [0.25, 0.3) is 5.82 Å². The van der Waals surface area contributed by atoms with Crippen molar-refractivity contribution >= 4 is 58.2 Å². The van der Waals surface area contributed by atoms with Gasteiger partial charge in [-0.05, 0) is 42.7 Å². The molecule has 4 N–H and O–H groups in total. The van der Waals surface area contributed by atoms with Crippen molar-refractivity contribution in [2.75, 3.05) is 43.2 Å². The molecular weight excluding hydrogens is 476 g/mol. The second kappa shape index (κ2) is 8.88. The number of quaternary nitrogens is 1. The summed E-state index contributed by atoms with van der Waals surface area (Å²) in [5.74, 6) is 0.853. The topological polar surface area (TPSA) is 119 Å². The number of fused-ring (bicyclic) bond motifs is 7. The third kappa shape index (κ3) is 3.88. The number of nitrogens with zero attached hydrogens (tertiary/aromatic N) is 3. The third-order valence-corrected chi connectivity index (χ3v) is 7.21. The molecule has 174 valence electrons. The summed E-state index contributed by atoms with van der Waals surface area (Å²) >= 11 is 8.07. The van der Waals surface area contributed by atoms with Gasteiger partial charge < -0.3 is 21.1 Å². The first-order valence-corrected chi connectivity index (χ1v) is 12.2. The van der Waals surface area contributed by atoms with Crippen molar-refractivity contribution in [3.05, 3.63) is 53.2 Å². The van der Waals surface area contributed by atoms with Gasteiger partial charge in [-0.25, -0.2) is 14.3 Å². The van der Waals surface area contributed by atoms with Crippen molar-refractivity contribution in [1.29, 1.82) is 0 Å². The lowest BCUT2D eigenvalue weighted by Crippen LogP contribution is -2.53. The minimum Gasteiger partial charge on any atom is -0.370 e. The zero-order chi connectivity index (χ0) is 23.9. The summed E-state index contributed by atoms with van der Waals surface area (Å²) < 4.78 is 6.09. The van der Waals surface area contributed by atoms with Gasteiger partial charge in [-0.15, -0.1) is 11.8 Å². The highest BCUT2D eigenvalue weighted by atomic mass is 35.5. The number of amides is 3. The maximum Gasteiger partial charge on any atom is 0.323 e. The average Bonchev–Trinajstić information content (AvgIpc) is 2.91. The SMILES string of the molecule is CSc1c(Cl)nc2nc1[N+]1(CCOCC1)c1cc-2ccc1NC(=O)Nc1ccc(C(N)=O)cc1. The highest BCUT2D eigenvalue weighted by Gasteiger charge is 2.44. The number of thioether (sulfide) groups is 1. The van der Waals surface area contributed by atoms with Gasteiger partial charge in [-0.3, -0.25) is 4.79 Å². The van der Waals surface area contributed by atoms with E-state index in [0.717, 1.165) is 22.0 Å².